The Morgan fingerprint density at radius 1 is 1.45 bits per heavy atom. The monoisotopic (exact) mass is 380 g/mol. The molecule has 1 aromatic heterocycles. The molecule has 0 saturated carbocycles. The lowest BCUT2D eigenvalue weighted by Crippen LogP contribution is -2.41. The van der Waals surface area contributed by atoms with E-state index in [0.717, 1.165) is 19.4 Å². The van der Waals surface area contributed by atoms with Crippen molar-refractivity contribution in [3.8, 4) is 0 Å². The molecule has 2 heterocycles. The molecule has 0 radical (unpaired) electrons. The number of sulfonamides is 1. The summed E-state index contributed by atoms with van der Waals surface area (Å²) in [5, 5.41) is 5.23. The van der Waals surface area contributed by atoms with Crippen molar-refractivity contribution >= 4 is 37.3 Å². The van der Waals surface area contributed by atoms with Gasteiger partial charge in [-0.2, -0.15) is 4.31 Å². The van der Waals surface area contributed by atoms with Gasteiger partial charge in [0.05, 0.1) is 0 Å². The maximum atomic E-state index is 12.5. The molecule has 0 amide bonds. The topological polar surface area (TPSA) is 49.4 Å². The highest BCUT2D eigenvalue weighted by Gasteiger charge is 2.31. The van der Waals surface area contributed by atoms with E-state index in [2.05, 4.69) is 35.1 Å². The van der Waals surface area contributed by atoms with Gasteiger partial charge in [0.15, 0.2) is 0 Å². The van der Waals surface area contributed by atoms with Gasteiger partial charge in [0.2, 0.25) is 0 Å². The molecule has 4 nitrogen and oxygen atoms in total. The number of rotatable bonds is 5. The van der Waals surface area contributed by atoms with Crippen LogP contribution in [-0.4, -0.2) is 38.4 Å². The molecule has 20 heavy (non-hydrogen) atoms. The number of hydrogen-bond donors (Lipinski definition) is 1. The highest BCUT2D eigenvalue weighted by Crippen LogP contribution is 2.32. The Hall–Kier alpha value is 0.0500. The Labute approximate surface area is 133 Å². The first-order valence-corrected chi connectivity index (χ1v) is 9.99. The Bertz CT molecular complexity index is 534. The SMILES string of the molecule is CC(C)NCC1CCN(S(=O)(=O)c2sccc2Br)CC1. The molecule has 0 unspecified atom stereocenters. The van der Waals surface area contributed by atoms with Crippen molar-refractivity contribution in [2.45, 2.75) is 36.9 Å². The fourth-order valence-electron chi connectivity index (χ4n) is 2.34. The molecule has 2 rings (SSSR count). The Kier molecular flexibility index (Phi) is 5.64. The Morgan fingerprint density at radius 2 is 2.10 bits per heavy atom. The molecular formula is C13H21BrN2O2S2. The fraction of sp³-hybridized carbons (Fsp3) is 0.692. The molecule has 0 aliphatic carbocycles. The standard InChI is InChI=1S/C13H21BrN2O2S2/c1-10(2)15-9-11-3-6-16(7-4-11)20(17,18)13-12(14)5-8-19-13/h5,8,10-11,15H,3-4,6-7,9H2,1-2H3. The van der Waals surface area contributed by atoms with Crippen molar-refractivity contribution in [3.05, 3.63) is 15.9 Å². The summed E-state index contributed by atoms with van der Waals surface area (Å²) in [5.74, 6) is 0.579. The smallest absolute Gasteiger partial charge is 0.253 e. The first kappa shape index (κ1) is 16.4. The minimum absolute atomic E-state index is 0.427. The van der Waals surface area contributed by atoms with E-state index in [9.17, 15) is 8.42 Å². The number of nitrogens with one attached hydrogen (secondary N) is 1. The van der Waals surface area contributed by atoms with Crippen LogP contribution in [0, 0.1) is 5.92 Å². The highest BCUT2D eigenvalue weighted by molar-refractivity contribution is 9.10. The zero-order chi connectivity index (χ0) is 14.8. The van der Waals surface area contributed by atoms with Gasteiger partial charge in [0, 0.05) is 23.6 Å². The summed E-state index contributed by atoms with van der Waals surface area (Å²) in [6, 6.07) is 2.27. The third-order valence-corrected chi connectivity index (χ3v) is 8.09. The molecule has 1 aliphatic rings. The first-order valence-electron chi connectivity index (χ1n) is 6.87. The van der Waals surface area contributed by atoms with E-state index >= 15 is 0 Å². The largest absolute Gasteiger partial charge is 0.314 e. The van der Waals surface area contributed by atoms with E-state index in [1.807, 2.05) is 0 Å². The molecule has 7 heteroatoms. The highest BCUT2D eigenvalue weighted by atomic mass is 79.9. The van der Waals surface area contributed by atoms with Crippen LogP contribution in [-0.2, 0) is 10.0 Å². The second kappa shape index (κ2) is 6.87. The van der Waals surface area contributed by atoms with Crippen LogP contribution in [0.1, 0.15) is 26.7 Å². The Balaban J connectivity index is 1.95. The van der Waals surface area contributed by atoms with Gasteiger partial charge < -0.3 is 5.32 Å². The lowest BCUT2D eigenvalue weighted by molar-refractivity contribution is 0.264. The van der Waals surface area contributed by atoms with Crippen LogP contribution in [0.2, 0.25) is 0 Å². The van der Waals surface area contributed by atoms with E-state index in [1.165, 1.54) is 11.3 Å². The van der Waals surface area contributed by atoms with Crippen molar-refractivity contribution < 1.29 is 8.42 Å². The average molecular weight is 381 g/mol. The van der Waals surface area contributed by atoms with Crippen LogP contribution in [0.5, 0.6) is 0 Å². The molecule has 1 aromatic rings. The predicted octanol–water partition coefficient (Wildman–Crippen LogP) is 2.91. The zero-order valence-electron chi connectivity index (χ0n) is 11.8. The molecular weight excluding hydrogens is 360 g/mol. The summed E-state index contributed by atoms with van der Waals surface area (Å²) in [6.45, 7) is 6.49. The zero-order valence-corrected chi connectivity index (χ0v) is 15.0. The van der Waals surface area contributed by atoms with Crippen molar-refractivity contribution in [3.63, 3.8) is 0 Å². The molecule has 0 aromatic carbocycles. The summed E-state index contributed by atoms with van der Waals surface area (Å²) in [4.78, 5) is 0. The lowest BCUT2D eigenvalue weighted by Gasteiger charge is -2.31. The van der Waals surface area contributed by atoms with Crippen LogP contribution in [0.15, 0.2) is 20.1 Å². The molecule has 0 spiro atoms. The molecule has 0 atom stereocenters. The summed E-state index contributed by atoms with van der Waals surface area (Å²) in [7, 11) is -3.32. The van der Waals surface area contributed by atoms with E-state index in [4.69, 9.17) is 0 Å². The van der Waals surface area contributed by atoms with Gasteiger partial charge in [-0.25, -0.2) is 8.42 Å². The van der Waals surface area contributed by atoms with Crippen molar-refractivity contribution in [2.24, 2.45) is 5.92 Å². The van der Waals surface area contributed by atoms with Gasteiger partial charge in [-0.1, -0.05) is 13.8 Å². The molecule has 1 saturated heterocycles. The minimum Gasteiger partial charge on any atom is -0.314 e. The maximum absolute atomic E-state index is 12.5. The summed E-state index contributed by atoms with van der Waals surface area (Å²) in [6.07, 6.45) is 1.86. The summed E-state index contributed by atoms with van der Waals surface area (Å²) in [5.41, 5.74) is 0. The van der Waals surface area contributed by atoms with Gasteiger partial charge in [-0.15, -0.1) is 11.3 Å². The molecule has 1 N–H and O–H groups in total. The number of halogens is 1. The van der Waals surface area contributed by atoms with Gasteiger partial charge in [-0.05, 0) is 52.7 Å². The van der Waals surface area contributed by atoms with Crippen LogP contribution in [0.3, 0.4) is 0 Å². The summed E-state index contributed by atoms with van der Waals surface area (Å²) >= 11 is 4.59. The molecule has 1 aliphatic heterocycles. The van der Waals surface area contributed by atoms with Crippen molar-refractivity contribution in [1.29, 1.82) is 0 Å². The molecule has 1 fully saturated rings. The third kappa shape index (κ3) is 3.82. The number of nitrogens with zero attached hydrogens (tertiary/aromatic N) is 1. The van der Waals surface area contributed by atoms with E-state index in [1.54, 1.807) is 15.8 Å². The molecule has 0 bridgehead atoms. The van der Waals surface area contributed by atoms with Crippen LogP contribution >= 0.6 is 27.3 Å². The third-order valence-electron chi connectivity index (χ3n) is 3.55. The van der Waals surface area contributed by atoms with Crippen LogP contribution in [0.4, 0.5) is 0 Å². The van der Waals surface area contributed by atoms with Gasteiger partial charge in [0.25, 0.3) is 10.0 Å². The van der Waals surface area contributed by atoms with E-state index in [0.29, 0.717) is 33.7 Å². The molecule has 114 valence electrons. The van der Waals surface area contributed by atoms with Gasteiger partial charge in [-0.3, -0.25) is 0 Å². The van der Waals surface area contributed by atoms with Gasteiger partial charge in [0.1, 0.15) is 4.21 Å². The van der Waals surface area contributed by atoms with Crippen LogP contribution in [0.25, 0.3) is 0 Å². The number of thiophene rings is 1. The van der Waals surface area contributed by atoms with Crippen molar-refractivity contribution in [1.82, 2.24) is 9.62 Å². The van der Waals surface area contributed by atoms with Gasteiger partial charge >= 0.3 is 0 Å². The first-order chi connectivity index (χ1) is 9.41. The summed E-state index contributed by atoms with van der Waals surface area (Å²) < 4.78 is 27.8. The lowest BCUT2D eigenvalue weighted by atomic mass is 9.98. The quantitative estimate of drug-likeness (QED) is 0.853. The number of piperidine rings is 1. The van der Waals surface area contributed by atoms with E-state index < -0.39 is 10.0 Å². The number of hydrogen-bond acceptors (Lipinski definition) is 4. The second-order valence-electron chi connectivity index (χ2n) is 5.47. The second-order valence-corrected chi connectivity index (χ2v) is 9.37. The Morgan fingerprint density at radius 3 is 2.60 bits per heavy atom. The fourth-order valence-corrected chi connectivity index (χ4v) is 6.26. The van der Waals surface area contributed by atoms with E-state index in [-0.39, 0.29) is 0 Å². The minimum atomic E-state index is -3.32. The normalized spacial score (nSPS) is 18.8. The average Bonchev–Trinajstić information content (AvgIpc) is 2.84. The van der Waals surface area contributed by atoms with Crippen molar-refractivity contribution in [2.75, 3.05) is 19.6 Å². The van der Waals surface area contributed by atoms with Crippen LogP contribution < -0.4 is 5.32 Å². The predicted molar refractivity (Wildman–Crippen MR) is 86.6 cm³/mol. The maximum Gasteiger partial charge on any atom is 0.253 e.